The summed E-state index contributed by atoms with van der Waals surface area (Å²) in [5.74, 6) is 1.43. The van der Waals surface area contributed by atoms with Crippen molar-refractivity contribution in [1.29, 1.82) is 0 Å². The van der Waals surface area contributed by atoms with Gasteiger partial charge in [-0.2, -0.15) is 0 Å². The molecular formula is C16H28N4O. The fourth-order valence-corrected chi connectivity index (χ4v) is 3.00. The van der Waals surface area contributed by atoms with Gasteiger partial charge in [0.1, 0.15) is 0 Å². The number of aromatic nitrogens is 2. The van der Waals surface area contributed by atoms with Gasteiger partial charge in [-0.1, -0.05) is 31.8 Å². The predicted molar refractivity (Wildman–Crippen MR) is 83.2 cm³/mol. The van der Waals surface area contributed by atoms with Crippen LogP contribution in [0.4, 0.5) is 6.01 Å². The van der Waals surface area contributed by atoms with Crippen molar-refractivity contribution in [3.63, 3.8) is 0 Å². The fourth-order valence-electron chi connectivity index (χ4n) is 3.00. The maximum atomic E-state index is 5.91. The molecule has 0 amide bonds. The molecule has 118 valence electrons. The van der Waals surface area contributed by atoms with E-state index in [1.165, 1.54) is 44.9 Å². The zero-order chi connectivity index (χ0) is 14.7. The Morgan fingerprint density at radius 3 is 2.62 bits per heavy atom. The first-order valence-corrected chi connectivity index (χ1v) is 8.55. The number of anilines is 1. The summed E-state index contributed by atoms with van der Waals surface area (Å²) in [4.78, 5) is 2.36. The van der Waals surface area contributed by atoms with E-state index in [-0.39, 0.29) is 0 Å². The minimum absolute atomic E-state index is 0.591. The largest absolute Gasteiger partial charge is 0.407 e. The van der Waals surface area contributed by atoms with Gasteiger partial charge < -0.3 is 14.6 Å². The van der Waals surface area contributed by atoms with Crippen molar-refractivity contribution < 1.29 is 4.42 Å². The van der Waals surface area contributed by atoms with Crippen molar-refractivity contribution in [3.8, 4) is 0 Å². The zero-order valence-corrected chi connectivity index (χ0v) is 13.3. The predicted octanol–water partition coefficient (Wildman–Crippen LogP) is 3.12. The Hall–Kier alpha value is -1.10. The van der Waals surface area contributed by atoms with Crippen LogP contribution in [-0.4, -0.2) is 28.8 Å². The van der Waals surface area contributed by atoms with Crippen molar-refractivity contribution in [2.24, 2.45) is 5.92 Å². The summed E-state index contributed by atoms with van der Waals surface area (Å²) in [5, 5.41) is 12.0. The second-order valence-electron chi connectivity index (χ2n) is 6.95. The Balaban J connectivity index is 1.62. The maximum Gasteiger partial charge on any atom is 0.318 e. The average Bonchev–Trinajstić information content (AvgIpc) is 2.95. The van der Waals surface area contributed by atoms with Crippen LogP contribution in [0.1, 0.15) is 64.7 Å². The number of rotatable bonds is 8. The molecule has 3 rings (SSSR count). The molecule has 0 aromatic carbocycles. The van der Waals surface area contributed by atoms with Gasteiger partial charge in [0.15, 0.2) is 0 Å². The van der Waals surface area contributed by atoms with E-state index in [1.807, 2.05) is 0 Å². The van der Waals surface area contributed by atoms with Gasteiger partial charge in [-0.25, -0.2) is 0 Å². The highest BCUT2D eigenvalue weighted by Crippen LogP contribution is 2.28. The Labute approximate surface area is 127 Å². The highest BCUT2D eigenvalue weighted by Gasteiger charge is 2.27. The molecule has 21 heavy (non-hydrogen) atoms. The van der Waals surface area contributed by atoms with Crippen LogP contribution in [0.5, 0.6) is 0 Å². The molecule has 2 saturated carbocycles. The lowest BCUT2D eigenvalue weighted by Crippen LogP contribution is -2.35. The van der Waals surface area contributed by atoms with Gasteiger partial charge in [-0.3, -0.25) is 0 Å². The SMILES string of the molecule is CC(C)CCN(c1nnc(CNC2CC2)o1)C1CCCC1. The van der Waals surface area contributed by atoms with Gasteiger partial charge in [-0.15, -0.1) is 5.10 Å². The molecule has 2 aliphatic carbocycles. The monoisotopic (exact) mass is 292 g/mol. The molecule has 2 fully saturated rings. The second-order valence-corrected chi connectivity index (χ2v) is 6.95. The van der Waals surface area contributed by atoms with E-state index in [1.54, 1.807) is 0 Å². The smallest absolute Gasteiger partial charge is 0.318 e. The third-order valence-corrected chi connectivity index (χ3v) is 4.53. The van der Waals surface area contributed by atoms with Crippen LogP contribution in [0.3, 0.4) is 0 Å². The number of hydrogen-bond donors (Lipinski definition) is 1. The molecule has 0 spiro atoms. The molecule has 1 aromatic rings. The molecular weight excluding hydrogens is 264 g/mol. The summed E-state index contributed by atoms with van der Waals surface area (Å²) in [6.07, 6.45) is 8.91. The second kappa shape index (κ2) is 6.77. The van der Waals surface area contributed by atoms with Crippen molar-refractivity contribution in [1.82, 2.24) is 15.5 Å². The van der Waals surface area contributed by atoms with Gasteiger partial charge >= 0.3 is 6.01 Å². The topological polar surface area (TPSA) is 54.2 Å². The Kier molecular flexibility index (Phi) is 4.78. The van der Waals surface area contributed by atoms with Gasteiger partial charge in [0.25, 0.3) is 0 Å². The van der Waals surface area contributed by atoms with E-state index < -0.39 is 0 Å². The molecule has 0 radical (unpaired) electrons. The third-order valence-electron chi connectivity index (χ3n) is 4.53. The average molecular weight is 292 g/mol. The minimum Gasteiger partial charge on any atom is -0.407 e. The first kappa shape index (κ1) is 14.8. The van der Waals surface area contributed by atoms with Crippen LogP contribution in [0, 0.1) is 5.92 Å². The summed E-state index contributed by atoms with van der Waals surface area (Å²) in [5.41, 5.74) is 0. The van der Waals surface area contributed by atoms with Crippen molar-refractivity contribution >= 4 is 6.01 Å². The molecule has 0 unspecified atom stereocenters. The molecule has 0 aliphatic heterocycles. The van der Waals surface area contributed by atoms with Crippen molar-refractivity contribution in [3.05, 3.63) is 5.89 Å². The first-order valence-electron chi connectivity index (χ1n) is 8.55. The van der Waals surface area contributed by atoms with Crippen LogP contribution < -0.4 is 10.2 Å². The van der Waals surface area contributed by atoms with Gasteiger partial charge in [0.2, 0.25) is 5.89 Å². The van der Waals surface area contributed by atoms with Crippen LogP contribution in [0.15, 0.2) is 4.42 Å². The first-order chi connectivity index (χ1) is 10.2. The highest BCUT2D eigenvalue weighted by molar-refractivity contribution is 5.27. The third kappa shape index (κ3) is 4.19. The van der Waals surface area contributed by atoms with Gasteiger partial charge in [0, 0.05) is 18.6 Å². The van der Waals surface area contributed by atoms with Gasteiger partial charge in [0.05, 0.1) is 6.54 Å². The molecule has 5 heteroatoms. The molecule has 2 aliphatic rings. The van der Waals surface area contributed by atoms with E-state index in [4.69, 9.17) is 4.42 Å². The van der Waals surface area contributed by atoms with Crippen LogP contribution in [0.2, 0.25) is 0 Å². The van der Waals surface area contributed by atoms with E-state index in [0.29, 0.717) is 24.5 Å². The van der Waals surface area contributed by atoms with Crippen LogP contribution >= 0.6 is 0 Å². The van der Waals surface area contributed by atoms with E-state index in [2.05, 4.69) is 34.3 Å². The summed E-state index contributed by atoms with van der Waals surface area (Å²) in [6.45, 7) is 6.28. The molecule has 0 saturated heterocycles. The van der Waals surface area contributed by atoms with E-state index in [0.717, 1.165) is 18.5 Å². The summed E-state index contributed by atoms with van der Waals surface area (Å²) >= 11 is 0. The van der Waals surface area contributed by atoms with Gasteiger partial charge in [-0.05, 0) is 38.0 Å². The molecule has 1 heterocycles. The van der Waals surface area contributed by atoms with E-state index in [9.17, 15) is 0 Å². The molecule has 0 atom stereocenters. The summed E-state index contributed by atoms with van der Waals surface area (Å²) < 4.78 is 5.91. The summed E-state index contributed by atoms with van der Waals surface area (Å²) in [7, 11) is 0. The molecule has 0 bridgehead atoms. The minimum atomic E-state index is 0.591. The molecule has 5 nitrogen and oxygen atoms in total. The van der Waals surface area contributed by atoms with Crippen molar-refractivity contribution in [2.45, 2.75) is 77.4 Å². The normalized spacial score (nSPS) is 19.6. The Morgan fingerprint density at radius 1 is 1.19 bits per heavy atom. The fraction of sp³-hybridized carbons (Fsp3) is 0.875. The molecule has 1 N–H and O–H groups in total. The van der Waals surface area contributed by atoms with Crippen molar-refractivity contribution in [2.75, 3.05) is 11.4 Å². The highest BCUT2D eigenvalue weighted by atomic mass is 16.4. The number of nitrogens with zero attached hydrogens (tertiary/aromatic N) is 3. The quantitative estimate of drug-likeness (QED) is 0.798. The lowest BCUT2D eigenvalue weighted by molar-refractivity contribution is 0.433. The van der Waals surface area contributed by atoms with Crippen LogP contribution in [-0.2, 0) is 6.54 Å². The standard InChI is InChI=1S/C16H28N4O/c1-12(2)9-10-20(14-5-3-4-6-14)16-19-18-15(21-16)11-17-13-7-8-13/h12-14,17H,3-11H2,1-2H3. The lowest BCUT2D eigenvalue weighted by atomic mass is 10.1. The number of hydrogen-bond acceptors (Lipinski definition) is 5. The zero-order valence-electron chi connectivity index (χ0n) is 13.3. The molecule has 1 aromatic heterocycles. The van der Waals surface area contributed by atoms with E-state index >= 15 is 0 Å². The number of nitrogens with one attached hydrogen (secondary N) is 1. The summed E-state index contributed by atoms with van der Waals surface area (Å²) in [6, 6.07) is 2.00. The maximum absolute atomic E-state index is 5.91. The van der Waals surface area contributed by atoms with Crippen LogP contribution in [0.25, 0.3) is 0 Å². The Morgan fingerprint density at radius 2 is 1.95 bits per heavy atom. The Bertz CT molecular complexity index is 435. The lowest BCUT2D eigenvalue weighted by Gasteiger charge is -2.27.